The maximum Gasteiger partial charge on any atom is 0.129 e. The Balaban J connectivity index is 1.77. The molecule has 106 valence electrons. The third-order valence-corrected chi connectivity index (χ3v) is 3.74. The van der Waals surface area contributed by atoms with Crippen LogP contribution in [0.15, 0.2) is 12.3 Å². The number of pyridine rings is 1. The maximum atomic E-state index is 5.71. The highest BCUT2D eigenvalue weighted by Gasteiger charge is 2.13. The van der Waals surface area contributed by atoms with Crippen molar-refractivity contribution in [2.75, 3.05) is 37.2 Å². The molecule has 1 aromatic heterocycles. The zero-order chi connectivity index (χ0) is 13.7. The SMILES string of the molecule is Cc1cc(N)cnc1NCC(C)CN1CCCCC1. The van der Waals surface area contributed by atoms with E-state index in [1.165, 1.54) is 38.9 Å². The Morgan fingerprint density at radius 1 is 1.37 bits per heavy atom. The molecule has 4 nitrogen and oxygen atoms in total. The minimum absolute atomic E-state index is 0.636. The summed E-state index contributed by atoms with van der Waals surface area (Å²) >= 11 is 0. The average Bonchev–Trinajstić information content (AvgIpc) is 2.39. The van der Waals surface area contributed by atoms with Crippen molar-refractivity contribution in [2.45, 2.75) is 33.1 Å². The monoisotopic (exact) mass is 262 g/mol. The van der Waals surface area contributed by atoms with Gasteiger partial charge in [0.25, 0.3) is 0 Å². The predicted octanol–water partition coefficient (Wildman–Crippen LogP) is 2.51. The van der Waals surface area contributed by atoms with Gasteiger partial charge in [0.1, 0.15) is 5.82 Å². The van der Waals surface area contributed by atoms with Crippen LogP contribution in [-0.4, -0.2) is 36.1 Å². The second-order valence-corrected chi connectivity index (χ2v) is 5.78. The molecule has 1 aliphatic rings. The van der Waals surface area contributed by atoms with E-state index in [0.29, 0.717) is 5.92 Å². The van der Waals surface area contributed by atoms with Crippen molar-refractivity contribution in [1.29, 1.82) is 0 Å². The predicted molar refractivity (Wildman–Crippen MR) is 81.3 cm³/mol. The highest BCUT2D eigenvalue weighted by molar-refractivity contribution is 5.50. The normalized spacial score (nSPS) is 18.2. The van der Waals surface area contributed by atoms with Gasteiger partial charge < -0.3 is 16.0 Å². The van der Waals surface area contributed by atoms with Crippen LogP contribution in [0, 0.1) is 12.8 Å². The number of nitrogens with zero attached hydrogens (tertiary/aromatic N) is 2. The summed E-state index contributed by atoms with van der Waals surface area (Å²) in [7, 11) is 0. The molecule has 0 radical (unpaired) electrons. The van der Waals surface area contributed by atoms with Crippen LogP contribution in [0.3, 0.4) is 0 Å². The van der Waals surface area contributed by atoms with E-state index in [1.54, 1.807) is 6.20 Å². The van der Waals surface area contributed by atoms with Crippen LogP contribution in [0.5, 0.6) is 0 Å². The van der Waals surface area contributed by atoms with Crippen LogP contribution < -0.4 is 11.1 Å². The fraction of sp³-hybridized carbons (Fsp3) is 0.667. The number of aryl methyl sites for hydroxylation is 1. The molecule has 1 atom stereocenters. The van der Waals surface area contributed by atoms with Gasteiger partial charge in [-0.15, -0.1) is 0 Å². The molecule has 1 aromatic rings. The van der Waals surface area contributed by atoms with Gasteiger partial charge in [-0.05, 0) is 50.4 Å². The molecule has 2 heterocycles. The fourth-order valence-electron chi connectivity index (χ4n) is 2.70. The molecule has 0 spiro atoms. The number of piperidine rings is 1. The second-order valence-electron chi connectivity index (χ2n) is 5.78. The molecule has 4 heteroatoms. The lowest BCUT2D eigenvalue weighted by Crippen LogP contribution is -2.35. The van der Waals surface area contributed by atoms with Gasteiger partial charge in [-0.2, -0.15) is 0 Å². The third-order valence-electron chi connectivity index (χ3n) is 3.74. The van der Waals surface area contributed by atoms with E-state index in [0.717, 1.165) is 23.6 Å². The summed E-state index contributed by atoms with van der Waals surface area (Å²) in [4.78, 5) is 6.93. The molecule has 0 bridgehead atoms. The third kappa shape index (κ3) is 4.39. The van der Waals surface area contributed by atoms with E-state index in [9.17, 15) is 0 Å². The van der Waals surface area contributed by atoms with Crippen molar-refractivity contribution in [3.05, 3.63) is 17.8 Å². The van der Waals surface area contributed by atoms with Crippen molar-refractivity contribution in [2.24, 2.45) is 5.92 Å². The number of hydrogen-bond donors (Lipinski definition) is 2. The quantitative estimate of drug-likeness (QED) is 0.856. The molecule has 0 aliphatic carbocycles. The summed E-state index contributed by atoms with van der Waals surface area (Å²) in [6, 6.07) is 1.96. The largest absolute Gasteiger partial charge is 0.397 e. The molecular weight excluding hydrogens is 236 g/mol. The molecule has 0 saturated carbocycles. The minimum atomic E-state index is 0.636. The van der Waals surface area contributed by atoms with Gasteiger partial charge in [0, 0.05) is 13.1 Å². The van der Waals surface area contributed by atoms with Crippen LogP contribution in [0.1, 0.15) is 31.7 Å². The van der Waals surface area contributed by atoms with Gasteiger partial charge in [0.15, 0.2) is 0 Å². The summed E-state index contributed by atoms with van der Waals surface area (Å²) in [5.41, 5.74) is 7.55. The Morgan fingerprint density at radius 2 is 2.11 bits per heavy atom. The lowest BCUT2D eigenvalue weighted by atomic mass is 10.1. The smallest absolute Gasteiger partial charge is 0.129 e. The van der Waals surface area contributed by atoms with E-state index in [4.69, 9.17) is 5.73 Å². The number of likely N-dealkylation sites (tertiary alicyclic amines) is 1. The van der Waals surface area contributed by atoms with Gasteiger partial charge in [0.05, 0.1) is 11.9 Å². The number of aromatic nitrogens is 1. The van der Waals surface area contributed by atoms with E-state index < -0.39 is 0 Å². The van der Waals surface area contributed by atoms with Crippen molar-refractivity contribution in [3.63, 3.8) is 0 Å². The summed E-state index contributed by atoms with van der Waals surface area (Å²) in [5.74, 6) is 1.59. The highest BCUT2D eigenvalue weighted by Crippen LogP contribution is 2.15. The zero-order valence-electron chi connectivity index (χ0n) is 12.2. The first-order chi connectivity index (χ1) is 9.15. The van der Waals surface area contributed by atoms with Gasteiger partial charge in [-0.1, -0.05) is 13.3 Å². The Labute approximate surface area is 116 Å². The molecule has 1 unspecified atom stereocenters. The van der Waals surface area contributed by atoms with Crippen LogP contribution in [-0.2, 0) is 0 Å². The molecule has 1 fully saturated rings. The molecule has 1 saturated heterocycles. The number of hydrogen-bond acceptors (Lipinski definition) is 4. The van der Waals surface area contributed by atoms with E-state index >= 15 is 0 Å². The fourth-order valence-corrected chi connectivity index (χ4v) is 2.70. The van der Waals surface area contributed by atoms with Crippen molar-refractivity contribution in [1.82, 2.24) is 9.88 Å². The van der Waals surface area contributed by atoms with Crippen LogP contribution >= 0.6 is 0 Å². The Kier molecular flexibility index (Phi) is 5.02. The molecule has 2 rings (SSSR count). The van der Waals surface area contributed by atoms with Crippen LogP contribution in [0.4, 0.5) is 11.5 Å². The molecule has 19 heavy (non-hydrogen) atoms. The molecule has 3 N–H and O–H groups in total. The molecule has 0 aromatic carbocycles. The lowest BCUT2D eigenvalue weighted by Gasteiger charge is -2.29. The van der Waals surface area contributed by atoms with E-state index in [1.807, 2.05) is 13.0 Å². The Bertz CT molecular complexity index is 399. The summed E-state index contributed by atoms with van der Waals surface area (Å²) < 4.78 is 0. The average molecular weight is 262 g/mol. The van der Waals surface area contributed by atoms with Gasteiger partial charge in [-0.25, -0.2) is 4.98 Å². The maximum absolute atomic E-state index is 5.71. The summed E-state index contributed by atoms with van der Waals surface area (Å²) in [5, 5.41) is 3.44. The van der Waals surface area contributed by atoms with Gasteiger partial charge in [-0.3, -0.25) is 0 Å². The highest BCUT2D eigenvalue weighted by atomic mass is 15.1. The molecular formula is C15H26N4. The number of nitrogen functional groups attached to an aromatic ring is 1. The first-order valence-electron chi connectivity index (χ1n) is 7.33. The van der Waals surface area contributed by atoms with Crippen molar-refractivity contribution in [3.8, 4) is 0 Å². The molecule has 0 amide bonds. The first-order valence-corrected chi connectivity index (χ1v) is 7.33. The van der Waals surface area contributed by atoms with Gasteiger partial charge >= 0.3 is 0 Å². The summed E-state index contributed by atoms with van der Waals surface area (Å²) in [6.45, 7) is 9.03. The number of rotatable bonds is 5. The standard InChI is InChI=1S/C15H26N4/c1-12(11-19-6-4-3-5-7-19)9-17-15-13(2)8-14(16)10-18-15/h8,10,12H,3-7,9,11,16H2,1-2H3,(H,17,18). The minimum Gasteiger partial charge on any atom is -0.397 e. The lowest BCUT2D eigenvalue weighted by molar-refractivity contribution is 0.204. The Hall–Kier alpha value is -1.29. The van der Waals surface area contributed by atoms with Gasteiger partial charge in [0.2, 0.25) is 0 Å². The van der Waals surface area contributed by atoms with E-state index in [-0.39, 0.29) is 0 Å². The van der Waals surface area contributed by atoms with Crippen molar-refractivity contribution >= 4 is 11.5 Å². The number of nitrogens with two attached hydrogens (primary N) is 1. The first kappa shape index (κ1) is 14.1. The number of anilines is 2. The zero-order valence-corrected chi connectivity index (χ0v) is 12.2. The van der Waals surface area contributed by atoms with Crippen LogP contribution in [0.25, 0.3) is 0 Å². The van der Waals surface area contributed by atoms with Crippen LogP contribution in [0.2, 0.25) is 0 Å². The Morgan fingerprint density at radius 3 is 2.79 bits per heavy atom. The van der Waals surface area contributed by atoms with E-state index in [2.05, 4.69) is 22.1 Å². The second kappa shape index (κ2) is 6.75. The topological polar surface area (TPSA) is 54.2 Å². The number of nitrogens with one attached hydrogen (secondary N) is 1. The summed E-state index contributed by atoms with van der Waals surface area (Å²) in [6.07, 6.45) is 5.83. The van der Waals surface area contributed by atoms with Crippen molar-refractivity contribution < 1.29 is 0 Å². The molecule has 1 aliphatic heterocycles.